The lowest BCUT2D eigenvalue weighted by Gasteiger charge is -2.38. The minimum absolute atomic E-state index is 0.0237. The summed E-state index contributed by atoms with van der Waals surface area (Å²) in [4.78, 5) is 9.22. The van der Waals surface area contributed by atoms with Crippen LogP contribution < -0.4 is 5.32 Å². The number of rotatable bonds is 5. The Labute approximate surface area is 190 Å². The molecule has 0 aromatic heterocycles. The molecular formula is C25H33FN4O2. The smallest absolute Gasteiger partial charge is 0.193 e. The van der Waals surface area contributed by atoms with Crippen molar-refractivity contribution >= 4 is 5.96 Å². The molecule has 2 aliphatic heterocycles. The number of hydrogen-bond donors (Lipinski definition) is 1. The van der Waals surface area contributed by atoms with Crippen LogP contribution in [0.5, 0.6) is 0 Å². The summed E-state index contributed by atoms with van der Waals surface area (Å²) in [6, 6.07) is 15.3. The highest BCUT2D eigenvalue weighted by Gasteiger charge is 2.27. The van der Waals surface area contributed by atoms with E-state index in [4.69, 9.17) is 9.47 Å². The van der Waals surface area contributed by atoms with Gasteiger partial charge in [0.05, 0.1) is 32.4 Å². The number of hydrogen-bond acceptors (Lipinski definition) is 4. The van der Waals surface area contributed by atoms with Crippen molar-refractivity contribution in [2.75, 3.05) is 59.6 Å². The van der Waals surface area contributed by atoms with Crippen molar-refractivity contribution < 1.29 is 13.9 Å². The number of morpholine rings is 2. The van der Waals surface area contributed by atoms with Crippen LogP contribution in [0, 0.1) is 12.7 Å². The maximum atomic E-state index is 13.5. The topological polar surface area (TPSA) is 49.3 Å². The van der Waals surface area contributed by atoms with Gasteiger partial charge in [0, 0.05) is 33.2 Å². The van der Waals surface area contributed by atoms with Gasteiger partial charge in [-0.05, 0) is 35.7 Å². The lowest BCUT2D eigenvalue weighted by Crippen LogP contribution is -2.51. The molecule has 2 aromatic rings. The van der Waals surface area contributed by atoms with E-state index in [2.05, 4.69) is 51.3 Å². The maximum absolute atomic E-state index is 13.5. The van der Waals surface area contributed by atoms with Crippen molar-refractivity contribution in [3.63, 3.8) is 0 Å². The Bertz CT molecular complexity index is 899. The van der Waals surface area contributed by atoms with Crippen molar-refractivity contribution in [3.8, 4) is 0 Å². The van der Waals surface area contributed by atoms with Gasteiger partial charge in [0.1, 0.15) is 11.9 Å². The standard InChI is InChI=1S/C25H33FN4O2/c1-19-5-3-4-6-22(19)24-18-30(13-16-32-24)25(27-2)28-17-23(29-11-14-31-15-12-29)20-7-9-21(26)10-8-20/h3-10,23-24H,11-18H2,1-2H3,(H,27,28). The number of ether oxygens (including phenoxy) is 2. The first-order valence-corrected chi connectivity index (χ1v) is 11.4. The van der Waals surface area contributed by atoms with E-state index in [0.29, 0.717) is 26.4 Å². The highest BCUT2D eigenvalue weighted by molar-refractivity contribution is 5.80. The highest BCUT2D eigenvalue weighted by atomic mass is 19.1. The van der Waals surface area contributed by atoms with Crippen LogP contribution in [0.3, 0.4) is 0 Å². The Morgan fingerprint density at radius 2 is 1.84 bits per heavy atom. The molecule has 2 aromatic carbocycles. The zero-order chi connectivity index (χ0) is 22.3. The van der Waals surface area contributed by atoms with Crippen molar-refractivity contribution in [2.45, 2.75) is 19.1 Å². The molecule has 2 aliphatic rings. The summed E-state index contributed by atoms with van der Waals surface area (Å²) in [6.45, 7) is 8.16. The molecule has 2 heterocycles. The van der Waals surface area contributed by atoms with Gasteiger partial charge in [0.25, 0.3) is 0 Å². The van der Waals surface area contributed by atoms with Crippen LogP contribution in [0.4, 0.5) is 4.39 Å². The van der Waals surface area contributed by atoms with Gasteiger partial charge in [0.2, 0.25) is 0 Å². The molecule has 2 atom stereocenters. The average Bonchev–Trinajstić information content (AvgIpc) is 2.84. The number of aryl methyl sites for hydroxylation is 1. The molecule has 32 heavy (non-hydrogen) atoms. The Balaban J connectivity index is 1.45. The van der Waals surface area contributed by atoms with E-state index in [1.54, 1.807) is 0 Å². The van der Waals surface area contributed by atoms with Gasteiger partial charge in [-0.15, -0.1) is 0 Å². The first-order valence-electron chi connectivity index (χ1n) is 11.4. The molecule has 0 radical (unpaired) electrons. The van der Waals surface area contributed by atoms with Crippen molar-refractivity contribution in [1.82, 2.24) is 15.1 Å². The highest BCUT2D eigenvalue weighted by Crippen LogP contribution is 2.26. The lowest BCUT2D eigenvalue weighted by atomic mass is 10.0. The molecule has 2 unspecified atom stereocenters. The van der Waals surface area contributed by atoms with Crippen molar-refractivity contribution in [1.29, 1.82) is 0 Å². The predicted octanol–water partition coefficient (Wildman–Crippen LogP) is 3.16. The minimum atomic E-state index is -0.214. The molecule has 2 fully saturated rings. The fraction of sp³-hybridized carbons (Fsp3) is 0.480. The number of nitrogens with one attached hydrogen (secondary N) is 1. The van der Waals surface area contributed by atoms with Crippen LogP contribution in [0.1, 0.15) is 28.8 Å². The van der Waals surface area contributed by atoms with Gasteiger partial charge in [-0.25, -0.2) is 4.39 Å². The van der Waals surface area contributed by atoms with E-state index < -0.39 is 0 Å². The summed E-state index contributed by atoms with van der Waals surface area (Å²) in [6.07, 6.45) is 0.0237. The molecule has 4 rings (SSSR count). The first kappa shape index (κ1) is 22.7. The summed E-state index contributed by atoms with van der Waals surface area (Å²) in [5, 5.41) is 3.58. The van der Waals surface area contributed by atoms with Crippen molar-refractivity contribution in [3.05, 3.63) is 71.0 Å². The molecule has 0 bridgehead atoms. The predicted molar refractivity (Wildman–Crippen MR) is 124 cm³/mol. The first-order chi connectivity index (χ1) is 15.7. The Kier molecular flexibility index (Phi) is 7.73. The van der Waals surface area contributed by atoms with Gasteiger partial charge < -0.3 is 19.7 Å². The largest absolute Gasteiger partial charge is 0.379 e. The normalized spacial score (nSPS) is 21.4. The molecule has 2 saturated heterocycles. The second kappa shape index (κ2) is 10.9. The third-order valence-electron chi connectivity index (χ3n) is 6.31. The molecule has 172 valence electrons. The molecule has 0 aliphatic carbocycles. The number of guanidine groups is 1. The number of aliphatic imine (C=N–C) groups is 1. The number of nitrogens with zero attached hydrogens (tertiary/aromatic N) is 3. The number of halogens is 1. The SMILES string of the molecule is CN=C(NCC(c1ccc(F)cc1)N1CCOCC1)N1CCOC(c2ccccc2C)C1. The zero-order valence-corrected chi connectivity index (χ0v) is 19.0. The van der Waals surface area contributed by atoms with Gasteiger partial charge in [-0.3, -0.25) is 9.89 Å². The van der Waals surface area contributed by atoms with Gasteiger partial charge in [-0.1, -0.05) is 36.4 Å². The monoisotopic (exact) mass is 440 g/mol. The molecule has 6 nitrogen and oxygen atoms in total. The average molecular weight is 441 g/mol. The summed E-state index contributed by atoms with van der Waals surface area (Å²) in [7, 11) is 1.82. The van der Waals surface area contributed by atoms with E-state index in [9.17, 15) is 4.39 Å². The summed E-state index contributed by atoms with van der Waals surface area (Å²) >= 11 is 0. The van der Waals surface area contributed by atoms with Crippen LogP contribution in [-0.2, 0) is 9.47 Å². The van der Waals surface area contributed by atoms with Crippen LogP contribution in [0.2, 0.25) is 0 Å². The molecule has 0 saturated carbocycles. The second-order valence-electron chi connectivity index (χ2n) is 8.31. The fourth-order valence-corrected chi connectivity index (χ4v) is 4.53. The molecule has 0 spiro atoms. The third kappa shape index (κ3) is 5.46. The molecular weight excluding hydrogens is 407 g/mol. The van der Waals surface area contributed by atoms with E-state index >= 15 is 0 Å². The Morgan fingerprint density at radius 1 is 1.09 bits per heavy atom. The Morgan fingerprint density at radius 3 is 2.56 bits per heavy atom. The summed E-state index contributed by atoms with van der Waals surface area (Å²) in [5.74, 6) is 0.654. The summed E-state index contributed by atoms with van der Waals surface area (Å²) in [5.41, 5.74) is 3.56. The van der Waals surface area contributed by atoms with E-state index in [1.165, 1.54) is 23.3 Å². The van der Waals surface area contributed by atoms with Crippen LogP contribution in [-0.4, -0.2) is 75.4 Å². The minimum Gasteiger partial charge on any atom is -0.379 e. The second-order valence-corrected chi connectivity index (χ2v) is 8.31. The number of benzene rings is 2. The van der Waals surface area contributed by atoms with Crippen molar-refractivity contribution in [2.24, 2.45) is 4.99 Å². The van der Waals surface area contributed by atoms with Crippen LogP contribution >= 0.6 is 0 Å². The van der Waals surface area contributed by atoms with E-state index in [1.807, 2.05) is 19.2 Å². The third-order valence-corrected chi connectivity index (χ3v) is 6.31. The van der Waals surface area contributed by atoms with Gasteiger partial charge >= 0.3 is 0 Å². The van der Waals surface area contributed by atoms with E-state index in [-0.39, 0.29) is 18.0 Å². The lowest BCUT2D eigenvalue weighted by molar-refractivity contribution is -0.00881. The van der Waals surface area contributed by atoms with E-state index in [0.717, 1.165) is 37.7 Å². The summed E-state index contributed by atoms with van der Waals surface area (Å²) < 4.78 is 25.2. The van der Waals surface area contributed by atoms with Crippen LogP contribution in [0.15, 0.2) is 53.5 Å². The quantitative estimate of drug-likeness (QED) is 0.572. The van der Waals surface area contributed by atoms with Gasteiger partial charge in [0.15, 0.2) is 5.96 Å². The fourth-order valence-electron chi connectivity index (χ4n) is 4.53. The van der Waals surface area contributed by atoms with Gasteiger partial charge in [-0.2, -0.15) is 0 Å². The Hall–Kier alpha value is -2.48. The van der Waals surface area contributed by atoms with Crippen LogP contribution in [0.25, 0.3) is 0 Å². The zero-order valence-electron chi connectivity index (χ0n) is 19.0. The maximum Gasteiger partial charge on any atom is 0.193 e. The molecule has 7 heteroatoms. The molecule has 0 amide bonds. The molecule has 1 N–H and O–H groups in total.